The molecule has 2 rings (SSSR count). The van der Waals surface area contributed by atoms with E-state index >= 15 is 0 Å². The SMILES string of the molecule is CNC(=O)c1ccc(C[NH+](C)CC(=O)Nc2ccc(C(=O)N(C)C)cc2)cc1. The van der Waals surface area contributed by atoms with E-state index in [2.05, 4.69) is 10.6 Å². The number of rotatable bonds is 7. The molecule has 7 heteroatoms. The highest BCUT2D eigenvalue weighted by Gasteiger charge is 2.13. The second kappa shape index (κ2) is 9.66. The summed E-state index contributed by atoms with van der Waals surface area (Å²) in [5, 5.41) is 5.44. The first-order valence-electron chi connectivity index (χ1n) is 9.04. The van der Waals surface area contributed by atoms with Crippen LogP contribution in [0.4, 0.5) is 5.69 Å². The fraction of sp³-hybridized carbons (Fsp3) is 0.286. The van der Waals surface area contributed by atoms with Crippen molar-refractivity contribution in [3.8, 4) is 0 Å². The van der Waals surface area contributed by atoms with Crippen molar-refractivity contribution in [2.45, 2.75) is 6.54 Å². The van der Waals surface area contributed by atoms with Crippen molar-refractivity contribution in [1.82, 2.24) is 10.2 Å². The van der Waals surface area contributed by atoms with Gasteiger partial charge in [-0.05, 0) is 36.4 Å². The lowest BCUT2D eigenvalue weighted by atomic mass is 10.1. The molecular weight excluding hydrogens is 356 g/mol. The quantitative estimate of drug-likeness (QED) is 0.647. The Bertz CT molecular complexity index is 830. The number of carbonyl (C=O) groups is 3. The molecule has 0 fully saturated rings. The summed E-state index contributed by atoms with van der Waals surface area (Å²) in [4.78, 5) is 38.2. The number of hydrogen-bond donors (Lipinski definition) is 3. The highest BCUT2D eigenvalue weighted by molar-refractivity contribution is 5.96. The molecule has 0 saturated heterocycles. The number of likely N-dealkylation sites (N-methyl/N-ethyl adjacent to an activating group) is 1. The number of quaternary nitrogens is 1. The first-order valence-corrected chi connectivity index (χ1v) is 9.04. The fourth-order valence-corrected chi connectivity index (χ4v) is 2.76. The molecule has 1 atom stereocenters. The summed E-state index contributed by atoms with van der Waals surface area (Å²) in [5.41, 5.74) is 2.89. The molecular formula is C21H27N4O3+. The molecule has 0 aliphatic heterocycles. The number of benzene rings is 2. The van der Waals surface area contributed by atoms with Crippen molar-refractivity contribution in [3.05, 3.63) is 65.2 Å². The first-order chi connectivity index (χ1) is 13.3. The molecule has 3 amide bonds. The molecule has 0 bridgehead atoms. The Balaban J connectivity index is 1.87. The van der Waals surface area contributed by atoms with Crippen LogP contribution in [0.1, 0.15) is 26.3 Å². The molecule has 2 aromatic rings. The molecule has 0 heterocycles. The van der Waals surface area contributed by atoms with Crippen LogP contribution in [-0.2, 0) is 11.3 Å². The van der Waals surface area contributed by atoms with Gasteiger partial charge in [0, 0.05) is 43.5 Å². The zero-order valence-corrected chi connectivity index (χ0v) is 16.7. The molecule has 2 aromatic carbocycles. The highest BCUT2D eigenvalue weighted by atomic mass is 16.2. The van der Waals surface area contributed by atoms with Crippen molar-refractivity contribution in [1.29, 1.82) is 0 Å². The van der Waals surface area contributed by atoms with Crippen molar-refractivity contribution in [2.75, 3.05) is 40.1 Å². The third-order valence-corrected chi connectivity index (χ3v) is 4.23. The summed E-state index contributed by atoms with van der Waals surface area (Å²) in [7, 11) is 6.93. The fourth-order valence-electron chi connectivity index (χ4n) is 2.76. The minimum absolute atomic E-state index is 0.0792. The van der Waals surface area contributed by atoms with E-state index in [1.54, 1.807) is 57.5 Å². The summed E-state index contributed by atoms with van der Waals surface area (Å²) in [6.07, 6.45) is 0. The Morgan fingerprint density at radius 1 is 0.929 bits per heavy atom. The van der Waals surface area contributed by atoms with Crippen LogP contribution in [-0.4, -0.2) is 57.4 Å². The van der Waals surface area contributed by atoms with Gasteiger partial charge in [0.1, 0.15) is 6.54 Å². The van der Waals surface area contributed by atoms with Gasteiger partial charge in [-0.15, -0.1) is 0 Å². The predicted molar refractivity (Wildman–Crippen MR) is 108 cm³/mol. The van der Waals surface area contributed by atoms with E-state index in [4.69, 9.17) is 0 Å². The minimum atomic E-state index is -0.120. The van der Waals surface area contributed by atoms with Gasteiger partial charge in [-0.2, -0.15) is 0 Å². The van der Waals surface area contributed by atoms with Gasteiger partial charge in [-0.3, -0.25) is 14.4 Å². The van der Waals surface area contributed by atoms with Gasteiger partial charge in [0.2, 0.25) is 0 Å². The largest absolute Gasteiger partial charge is 0.355 e. The highest BCUT2D eigenvalue weighted by Crippen LogP contribution is 2.10. The molecule has 28 heavy (non-hydrogen) atoms. The van der Waals surface area contributed by atoms with Crippen LogP contribution in [0, 0.1) is 0 Å². The second-order valence-electron chi connectivity index (χ2n) is 6.91. The van der Waals surface area contributed by atoms with E-state index < -0.39 is 0 Å². The van der Waals surface area contributed by atoms with Crippen LogP contribution in [0.3, 0.4) is 0 Å². The van der Waals surface area contributed by atoms with Crippen LogP contribution >= 0.6 is 0 Å². The van der Waals surface area contributed by atoms with E-state index in [0.29, 0.717) is 29.9 Å². The Labute approximate surface area is 165 Å². The zero-order valence-electron chi connectivity index (χ0n) is 16.7. The van der Waals surface area contributed by atoms with Crippen molar-refractivity contribution in [3.63, 3.8) is 0 Å². The summed E-state index contributed by atoms with van der Waals surface area (Å²) < 4.78 is 0. The van der Waals surface area contributed by atoms with Gasteiger partial charge >= 0.3 is 0 Å². The monoisotopic (exact) mass is 383 g/mol. The van der Waals surface area contributed by atoms with Crippen LogP contribution in [0.25, 0.3) is 0 Å². The summed E-state index contributed by atoms with van der Waals surface area (Å²) in [6, 6.07) is 14.2. The Hall–Kier alpha value is -3.19. The van der Waals surface area contributed by atoms with Gasteiger partial charge < -0.3 is 20.4 Å². The predicted octanol–water partition coefficient (Wildman–Crippen LogP) is 0.401. The second-order valence-corrected chi connectivity index (χ2v) is 6.91. The topological polar surface area (TPSA) is 83.0 Å². The molecule has 148 valence electrons. The zero-order chi connectivity index (χ0) is 20.7. The normalized spacial score (nSPS) is 11.4. The molecule has 3 N–H and O–H groups in total. The maximum absolute atomic E-state index is 12.3. The number of amides is 3. The molecule has 1 unspecified atom stereocenters. The van der Waals surface area contributed by atoms with Crippen LogP contribution < -0.4 is 15.5 Å². The average Bonchev–Trinajstić information content (AvgIpc) is 2.67. The molecule has 0 spiro atoms. The smallest absolute Gasteiger partial charge is 0.279 e. The van der Waals surface area contributed by atoms with Crippen molar-refractivity contribution >= 4 is 23.4 Å². The maximum Gasteiger partial charge on any atom is 0.279 e. The van der Waals surface area contributed by atoms with E-state index in [1.807, 2.05) is 19.2 Å². The van der Waals surface area contributed by atoms with Crippen molar-refractivity contribution in [2.24, 2.45) is 0 Å². The average molecular weight is 383 g/mol. The van der Waals surface area contributed by atoms with Crippen molar-refractivity contribution < 1.29 is 19.3 Å². The van der Waals surface area contributed by atoms with Gasteiger partial charge in [0.15, 0.2) is 6.54 Å². The molecule has 0 aromatic heterocycles. The molecule has 0 saturated carbocycles. The van der Waals surface area contributed by atoms with E-state index in [-0.39, 0.29) is 17.7 Å². The molecule has 0 aliphatic rings. The van der Waals surface area contributed by atoms with Gasteiger partial charge in [0.05, 0.1) is 7.05 Å². The van der Waals surface area contributed by atoms with Gasteiger partial charge in [-0.25, -0.2) is 0 Å². The first kappa shape index (κ1) is 21.1. The number of nitrogens with zero attached hydrogens (tertiary/aromatic N) is 1. The van der Waals surface area contributed by atoms with Gasteiger partial charge in [0.25, 0.3) is 17.7 Å². The Kier molecular flexibility index (Phi) is 7.28. The molecule has 7 nitrogen and oxygen atoms in total. The maximum atomic E-state index is 12.3. The summed E-state index contributed by atoms with van der Waals surface area (Å²) >= 11 is 0. The lowest BCUT2D eigenvalue weighted by Crippen LogP contribution is -3.08. The van der Waals surface area contributed by atoms with Crippen LogP contribution in [0.15, 0.2) is 48.5 Å². The molecule has 0 aliphatic carbocycles. The van der Waals surface area contributed by atoms with Crippen LogP contribution in [0.5, 0.6) is 0 Å². The lowest BCUT2D eigenvalue weighted by molar-refractivity contribution is -0.885. The Morgan fingerprint density at radius 2 is 1.50 bits per heavy atom. The van der Waals surface area contributed by atoms with E-state index in [0.717, 1.165) is 10.5 Å². The number of nitrogens with one attached hydrogen (secondary N) is 3. The van der Waals surface area contributed by atoms with Crippen LogP contribution in [0.2, 0.25) is 0 Å². The summed E-state index contributed by atoms with van der Waals surface area (Å²) in [5.74, 6) is -0.305. The number of carbonyl (C=O) groups excluding carboxylic acids is 3. The number of hydrogen-bond acceptors (Lipinski definition) is 3. The standard InChI is InChI=1S/C21H26N4O3/c1-22-20(27)16-7-5-15(6-8-16)13-25(4)14-19(26)23-18-11-9-17(10-12-18)21(28)24(2)3/h5-12H,13-14H2,1-4H3,(H,22,27)(H,23,26)/p+1. The van der Waals surface area contributed by atoms with E-state index in [1.165, 1.54) is 4.90 Å². The third-order valence-electron chi connectivity index (χ3n) is 4.23. The number of anilines is 1. The minimum Gasteiger partial charge on any atom is -0.355 e. The lowest BCUT2D eigenvalue weighted by Gasteiger charge is -2.14. The van der Waals surface area contributed by atoms with E-state index in [9.17, 15) is 14.4 Å². The van der Waals surface area contributed by atoms with Gasteiger partial charge in [-0.1, -0.05) is 12.1 Å². The third kappa shape index (κ3) is 5.92. The molecule has 0 radical (unpaired) electrons. The Morgan fingerprint density at radius 3 is 2.04 bits per heavy atom. The summed E-state index contributed by atoms with van der Waals surface area (Å²) in [6.45, 7) is 0.966.